The van der Waals surface area contributed by atoms with Gasteiger partial charge in [-0.05, 0) is 76.6 Å². The summed E-state index contributed by atoms with van der Waals surface area (Å²) in [5.41, 5.74) is 2.33. The number of ether oxygens (including phenoxy) is 2. The third-order valence-electron chi connectivity index (χ3n) is 6.17. The van der Waals surface area contributed by atoms with Crippen LogP contribution in [0.1, 0.15) is 58.2 Å². The van der Waals surface area contributed by atoms with Crippen LogP contribution >= 0.6 is 29.3 Å². The monoisotopic (exact) mass is 612 g/mol. The maximum absolute atomic E-state index is 13.6. The second kappa shape index (κ2) is 11.7. The lowest BCUT2D eigenvalue weighted by atomic mass is 9.81. The summed E-state index contributed by atoms with van der Waals surface area (Å²) >= 11 is 12.4. The van der Waals surface area contributed by atoms with Crippen LogP contribution in [0.5, 0.6) is 23.0 Å². The molecule has 0 saturated heterocycles. The summed E-state index contributed by atoms with van der Waals surface area (Å²) in [6.45, 7) is 12.0. The molecular formula is C29H35Cl2O6PS. The first-order chi connectivity index (χ1) is 18.0. The van der Waals surface area contributed by atoms with Crippen LogP contribution in [0.15, 0.2) is 53.4 Å². The van der Waals surface area contributed by atoms with Gasteiger partial charge in [-0.2, -0.15) is 8.42 Å². The van der Waals surface area contributed by atoms with E-state index in [4.69, 9.17) is 40.7 Å². The van der Waals surface area contributed by atoms with E-state index in [0.29, 0.717) is 33.9 Å². The lowest BCUT2D eigenvalue weighted by molar-refractivity contribution is 0.409. The average molecular weight is 614 g/mol. The first-order valence-corrected chi connectivity index (χ1v) is 16.7. The molecule has 3 rings (SSSR count). The van der Waals surface area contributed by atoms with Gasteiger partial charge in [0.1, 0.15) is 22.1 Å². The van der Waals surface area contributed by atoms with Crippen LogP contribution in [0.4, 0.5) is 0 Å². The van der Waals surface area contributed by atoms with Crippen molar-refractivity contribution in [3.8, 4) is 34.1 Å². The highest BCUT2D eigenvalue weighted by atomic mass is 35.9. The van der Waals surface area contributed by atoms with Crippen molar-refractivity contribution in [2.75, 3.05) is 14.2 Å². The number of benzene rings is 3. The molecule has 0 aliphatic carbocycles. The lowest BCUT2D eigenvalue weighted by Crippen LogP contribution is -2.18. The molecule has 0 fully saturated rings. The van der Waals surface area contributed by atoms with Crippen LogP contribution < -0.4 is 18.2 Å². The average Bonchev–Trinajstić information content (AvgIpc) is 2.82. The fraction of sp³-hybridized carbons (Fsp3) is 0.379. The van der Waals surface area contributed by atoms with E-state index in [-0.39, 0.29) is 10.6 Å². The van der Waals surface area contributed by atoms with Gasteiger partial charge in [-0.15, -0.1) is 0 Å². The number of methoxy groups -OCH3 is 2. The van der Waals surface area contributed by atoms with Gasteiger partial charge in [-0.1, -0.05) is 59.2 Å². The van der Waals surface area contributed by atoms with Crippen molar-refractivity contribution in [2.45, 2.75) is 64.2 Å². The summed E-state index contributed by atoms with van der Waals surface area (Å²) in [5.74, 6) is 1.61. The van der Waals surface area contributed by atoms with E-state index in [0.717, 1.165) is 11.1 Å². The topological polar surface area (TPSA) is 71.1 Å². The Kier molecular flexibility index (Phi) is 9.44. The Morgan fingerprint density at radius 3 is 1.56 bits per heavy atom. The fourth-order valence-electron chi connectivity index (χ4n) is 4.07. The molecular weight excluding hydrogens is 578 g/mol. The van der Waals surface area contributed by atoms with Gasteiger partial charge in [0.2, 0.25) is 0 Å². The van der Waals surface area contributed by atoms with Gasteiger partial charge in [0.15, 0.2) is 5.75 Å². The molecule has 0 saturated carbocycles. The number of halogens is 2. The number of hydrogen-bond donors (Lipinski definition) is 0. The van der Waals surface area contributed by atoms with Crippen molar-refractivity contribution in [3.05, 3.63) is 65.2 Å². The standard InChI is InChI=1S/C29H35Cl2O6PS/c1-18-10-12-21(13-11-18)39(32,33)37-27-23(15-20(35-9)17-25(27)29(5,6)7)22-14-19(34-8)16-24(28(2,3)4)26(22)36-38(30)31/h10-17H,1-9H3. The summed E-state index contributed by atoms with van der Waals surface area (Å²) in [4.78, 5) is 0.0391. The van der Waals surface area contributed by atoms with E-state index in [2.05, 4.69) is 0 Å². The Balaban J connectivity index is 2.47. The quantitative estimate of drug-likeness (QED) is 0.186. The lowest BCUT2D eigenvalue weighted by Gasteiger charge is -2.28. The van der Waals surface area contributed by atoms with Gasteiger partial charge in [0.05, 0.1) is 14.2 Å². The normalized spacial score (nSPS) is 12.4. The van der Waals surface area contributed by atoms with Crippen molar-refractivity contribution in [3.63, 3.8) is 0 Å². The molecule has 39 heavy (non-hydrogen) atoms. The zero-order chi connectivity index (χ0) is 29.3. The van der Waals surface area contributed by atoms with E-state index in [1.54, 1.807) is 44.6 Å². The van der Waals surface area contributed by atoms with Crippen molar-refractivity contribution in [2.24, 2.45) is 0 Å². The van der Waals surface area contributed by atoms with E-state index in [9.17, 15) is 8.42 Å². The SMILES string of the molecule is COc1cc(-c2cc(OC)cc(C(C)(C)C)c2OS(=O)(=O)c2ccc(C)cc2)c(OP(Cl)Cl)c(C(C)(C)C)c1. The minimum Gasteiger partial charge on any atom is -0.497 e. The molecule has 3 aromatic rings. The molecule has 0 amide bonds. The smallest absolute Gasteiger partial charge is 0.339 e. The molecule has 0 radical (unpaired) electrons. The van der Waals surface area contributed by atoms with Crippen LogP contribution in [0.3, 0.4) is 0 Å². The molecule has 0 aliphatic heterocycles. The Hall–Kier alpha value is -2.18. The highest BCUT2D eigenvalue weighted by Crippen LogP contribution is 2.55. The maximum atomic E-state index is 13.6. The van der Waals surface area contributed by atoms with Crippen LogP contribution in [-0.4, -0.2) is 22.6 Å². The summed E-state index contributed by atoms with van der Waals surface area (Å²) in [6.07, 6.45) is 0. The zero-order valence-electron chi connectivity index (χ0n) is 23.7. The number of aryl methyl sites for hydroxylation is 1. The zero-order valence-corrected chi connectivity index (χ0v) is 26.9. The third kappa shape index (κ3) is 7.32. The molecule has 212 valence electrons. The fourth-order valence-corrected chi connectivity index (χ4v) is 5.79. The molecule has 0 unspecified atom stereocenters. The minimum absolute atomic E-state index is 0.0391. The minimum atomic E-state index is -4.21. The molecule has 0 atom stereocenters. The molecule has 0 N–H and O–H groups in total. The summed E-state index contributed by atoms with van der Waals surface area (Å²) in [6, 6.07) is 13.6. The van der Waals surface area contributed by atoms with Crippen LogP contribution in [0, 0.1) is 6.92 Å². The van der Waals surface area contributed by atoms with Gasteiger partial charge >= 0.3 is 10.1 Å². The Morgan fingerprint density at radius 1 is 0.718 bits per heavy atom. The van der Waals surface area contributed by atoms with Crippen LogP contribution in [0.25, 0.3) is 11.1 Å². The van der Waals surface area contributed by atoms with Crippen molar-refractivity contribution in [1.82, 2.24) is 0 Å². The van der Waals surface area contributed by atoms with E-state index < -0.39 is 27.8 Å². The Bertz CT molecular complexity index is 1440. The highest BCUT2D eigenvalue weighted by molar-refractivity contribution is 8.00. The second-order valence-electron chi connectivity index (χ2n) is 11.2. The van der Waals surface area contributed by atoms with E-state index >= 15 is 0 Å². The molecule has 0 heterocycles. The van der Waals surface area contributed by atoms with Gasteiger partial charge in [-0.3, -0.25) is 0 Å². The molecule has 0 bridgehead atoms. The van der Waals surface area contributed by atoms with Crippen LogP contribution in [-0.2, 0) is 20.9 Å². The largest absolute Gasteiger partial charge is 0.497 e. The first-order valence-electron chi connectivity index (χ1n) is 12.2. The van der Waals surface area contributed by atoms with Gasteiger partial charge in [-0.25, -0.2) is 0 Å². The Morgan fingerprint density at radius 2 is 1.15 bits per heavy atom. The Labute approximate surface area is 243 Å². The molecule has 10 heteroatoms. The van der Waals surface area contributed by atoms with Gasteiger partial charge in [0, 0.05) is 22.3 Å². The predicted molar refractivity (Wildman–Crippen MR) is 161 cm³/mol. The maximum Gasteiger partial charge on any atom is 0.339 e. The molecule has 0 spiro atoms. The van der Waals surface area contributed by atoms with E-state index in [1.165, 1.54) is 12.1 Å². The van der Waals surface area contributed by atoms with Gasteiger partial charge in [0.25, 0.3) is 6.85 Å². The van der Waals surface area contributed by atoms with E-state index in [1.807, 2.05) is 54.5 Å². The molecule has 6 nitrogen and oxygen atoms in total. The summed E-state index contributed by atoms with van der Waals surface area (Å²) < 4.78 is 50.5. The summed E-state index contributed by atoms with van der Waals surface area (Å²) in [7, 11) is -1.10. The third-order valence-corrected chi connectivity index (χ3v) is 8.14. The predicted octanol–water partition coefficient (Wildman–Crippen LogP) is 9.13. The highest BCUT2D eigenvalue weighted by Gasteiger charge is 2.32. The van der Waals surface area contributed by atoms with Crippen molar-refractivity contribution >= 4 is 39.5 Å². The van der Waals surface area contributed by atoms with Gasteiger partial charge < -0.3 is 18.2 Å². The first kappa shape index (κ1) is 31.3. The summed E-state index contributed by atoms with van der Waals surface area (Å²) in [5, 5.41) is 0. The van der Waals surface area contributed by atoms with Crippen LogP contribution in [0.2, 0.25) is 0 Å². The second-order valence-corrected chi connectivity index (χ2v) is 15.7. The molecule has 3 aromatic carbocycles. The number of rotatable bonds is 8. The molecule has 0 aliphatic rings. The molecule has 0 aromatic heterocycles. The number of hydrogen-bond acceptors (Lipinski definition) is 6. The van der Waals surface area contributed by atoms with Crippen molar-refractivity contribution < 1.29 is 26.6 Å². The van der Waals surface area contributed by atoms with Crippen molar-refractivity contribution in [1.29, 1.82) is 0 Å².